The lowest BCUT2D eigenvalue weighted by atomic mass is 10.4. The van der Waals surface area contributed by atoms with E-state index < -0.39 is 0 Å². The van der Waals surface area contributed by atoms with Crippen LogP contribution in [0.5, 0.6) is 0 Å². The highest BCUT2D eigenvalue weighted by Crippen LogP contribution is 2.09. The zero-order valence-electron chi connectivity index (χ0n) is 9.33. The van der Waals surface area contributed by atoms with E-state index in [0.717, 1.165) is 11.3 Å². The standard InChI is InChI=1S/C11H14N4O2/c16-6-8-17-7-5-13-10-2-1-9-11(15-10)14-4-3-12-9/h1-4,16H,5-8H2,(H,13,14,15). The van der Waals surface area contributed by atoms with Gasteiger partial charge in [-0.05, 0) is 12.1 Å². The Balaban J connectivity index is 1.90. The molecule has 2 aromatic rings. The minimum Gasteiger partial charge on any atom is -0.394 e. The zero-order chi connectivity index (χ0) is 11.9. The van der Waals surface area contributed by atoms with Crippen LogP contribution in [0.1, 0.15) is 0 Å². The smallest absolute Gasteiger partial charge is 0.180 e. The van der Waals surface area contributed by atoms with E-state index in [1.165, 1.54) is 0 Å². The van der Waals surface area contributed by atoms with Crippen LogP contribution in [0, 0.1) is 0 Å². The second-order valence-corrected chi connectivity index (χ2v) is 3.36. The Morgan fingerprint density at radius 3 is 2.94 bits per heavy atom. The van der Waals surface area contributed by atoms with Crippen molar-refractivity contribution in [3.05, 3.63) is 24.5 Å². The first-order chi connectivity index (χ1) is 8.40. The Labute approximate surface area is 98.7 Å². The molecule has 0 spiro atoms. The molecule has 0 amide bonds. The summed E-state index contributed by atoms with van der Waals surface area (Å²) in [5.74, 6) is 0.741. The lowest BCUT2D eigenvalue weighted by Gasteiger charge is -2.06. The van der Waals surface area contributed by atoms with Gasteiger partial charge in [0.05, 0.1) is 19.8 Å². The molecule has 0 aliphatic carbocycles. The van der Waals surface area contributed by atoms with Gasteiger partial charge in [0.2, 0.25) is 0 Å². The van der Waals surface area contributed by atoms with Gasteiger partial charge in [-0.15, -0.1) is 0 Å². The van der Waals surface area contributed by atoms with Crippen molar-refractivity contribution in [2.24, 2.45) is 0 Å². The van der Waals surface area contributed by atoms with Gasteiger partial charge in [-0.3, -0.25) is 4.98 Å². The average molecular weight is 234 g/mol. The largest absolute Gasteiger partial charge is 0.394 e. The van der Waals surface area contributed by atoms with E-state index in [9.17, 15) is 0 Å². The molecule has 0 radical (unpaired) electrons. The van der Waals surface area contributed by atoms with Crippen molar-refractivity contribution in [1.82, 2.24) is 15.0 Å². The van der Waals surface area contributed by atoms with E-state index in [-0.39, 0.29) is 6.61 Å². The monoisotopic (exact) mass is 234 g/mol. The number of hydrogen-bond acceptors (Lipinski definition) is 6. The minimum absolute atomic E-state index is 0.0455. The van der Waals surface area contributed by atoms with Crippen LogP contribution in [0.25, 0.3) is 11.2 Å². The third-order valence-corrected chi connectivity index (χ3v) is 2.12. The number of aromatic nitrogens is 3. The number of fused-ring (bicyclic) bond motifs is 1. The fourth-order valence-electron chi connectivity index (χ4n) is 1.37. The molecule has 0 bridgehead atoms. The summed E-state index contributed by atoms with van der Waals surface area (Å²) < 4.78 is 5.12. The first-order valence-corrected chi connectivity index (χ1v) is 5.40. The van der Waals surface area contributed by atoms with Crippen LogP contribution in [0.15, 0.2) is 24.5 Å². The highest BCUT2D eigenvalue weighted by atomic mass is 16.5. The van der Waals surface area contributed by atoms with Crippen molar-refractivity contribution in [2.45, 2.75) is 0 Å². The Hall–Kier alpha value is -1.79. The van der Waals surface area contributed by atoms with E-state index in [1.54, 1.807) is 12.4 Å². The highest BCUT2D eigenvalue weighted by Gasteiger charge is 1.98. The molecule has 0 fully saturated rings. The highest BCUT2D eigenvalue weighted by molar-refractivity contribution is 5.71. The number of pyridine rings is 1. The average Bonchev–Trinajstić information content (AvgIpc) is 2.38. The quantitative estimate of drug-likeness (QED) is 0.706. The number of nitrogens with zero attached hydrogens (tertiary/aromatic N) is 3. The normalized spacial score (nSPS) is 10.6. The molecule has 0 saturated heterocycles. The van der Waals surface area contributed by atoms with Gasteiger partial charge in [-0.25, -0.2) is 9.97 Å². The molecule has 0 aliphatic heterocycles. The molecule has 17 heavy (non-hydrogen) atoms. The predicted molar refractivity (Wildman–Crippen MR) is 63.7 cm³/mol. The molecular formula is C11H14N4O2. The second-order valence-electron chi connectivity index (χ2n) is 3.36. The number of hydrogen-bond donors (Lipinski definition) is 2. The molecule has 2 aromatic heterocycles. The summed E-state index contributed by atoms with van der Waals surface area (Å²) in [4.78, 5) is 12.6. The van der Waals surface area contributed by atoms with E-state index in [0.29, 0.717) is 25.4 Å². The number of aliphatic hydroxyl groups is 1. The molecule has 2 N–H and O–H groups in total. The number of ether oxygens (including phenoxy) is 1. The first kappa shape index (κ1) is 11.7. The molecule has 6 heteroatoms. The fraction of sp³-hybridized carbons (Fsp3) is 0.364. The van der Waals surface area contributed by atoms with Crippen molar-refractivity contribution in [1.29, 1.82) is 0 Å². The van der Waals surface area contributed by atoms with Crippen LogP contribution in [0.2, 0.25) is 0 Å². The van der Waals surface area contributed by atoms with Crippen molar-refractivity contribution in [2.75, 3.05) is 31.7 Å². The lowest BCUT2D eigenvalue weighted by Crippen LogP contribution is -2.12. The van der Waals surface area contributed by atoms with E-state index >= 15 is 0 Å². The number of nitrogens with one attached hydrogen (secondary N) is 1. The van der Waals surface area contributed by atoms with E-state index in [1.807, 2.05) is 12.1 Å². The van der Waals surface area contributed by atoms with Crippen molar-refractivity contribution in [3.8, 4) is 0 Å². The predicted octanol–water partition coefficient (Wildman–Crippen LogP) is 0.446. The van der Waals surface area contributed by atoms with Gasteiger partial charge >= 0.3 is 0 Å². The van der Waals surface area contributed by atoms with Gasteiger partial charge in [0, 0.05) is 18.9 Å². The van der Waals surface area contributed by atoms with Gasteiger partial charge in [0.25, 0.3) is 0 Å². The fourth-order valence-corrected chi connectivity index (χ4v) is 1.37. The Morgan fingerprint density at radius 2 is 2.06 bits per heavy atom. The van der Waals surface area contributed by atoms with Gasteiger partial charge in [0.15, 0.2) is 5.65 Å². The molecule has 2 heterocycles. The van der Waals surface area contributed by atoms with E-state index in [4.69, 9.17) is 9.84 Å². The number of aliphatic hydroxyl groups excluding tert-OH is 1. The molecule has 6 nitrogen and oxygen atoms in total. The van der Waals surface area contributed by atoms with Gasteiger partial charge in [-0.2, -0.15) is 0 Å². The van der Waals surface area contributed by atoms with Crippen LogP contribution in [0.3, 0.4) is 0 Å². The lowest BCUT2D eigenvalue weighted by molar-refractivity contribution is 0.0992. The molecule has 0 atom stereocenters. The second kappa shape index (κ2) is 6.07. The Kier molecular flexibility index (Phi) is 4.17. The van der Waals surface area contributed by atoms with Gasteiger partial charge in [0.1, 0.15) is 11.3 Å². The SMILES string of the molecule is OCCOCCNc1ccc2nccnc2n1. The summed E-state index contributed by atoms with van der Waals surface area (Å²) in [6.45, 7) is 1.57. The van der Waals surface area contributed by atoms with Crippen LogP contribution < -0.4 is 5.32 Å². The van der Waals surface area contributed by atoms with E-state index in [2.05, 4.69) is 20.3 Å². The maximum Gasteiger partial charge on any atom is 0.180 e. The van der Waals surface area contributed by atoms with Crippen LogP contribution in [0.4, 0.5) is 5.82 Å². The van der Waals surface area contributed by atoms with Crippen LogP contribution >= 0.6 is 0 Å². The zero-order valence-corrected chi connectivity index (χ0v) is 9.33. The summed E-state index contributed by atoms with van der Waals surface area (Å²) in [5, 5.41) is 11.6. The summed E-state index contributed by atoms with van der Waals surface area (Å²) in [5.41, 5.74) is 1.39. The molecule has 90 valence electrons. The van der Waals surface area contributed by atoms with Crippen LogP contribution in [-0.2, 0) is 4.74 Å². The van der Waals surface area contributed by atoms with Gasteiger partial charge in [-0.1, -0.05) is 0 Å². The molecule has 0 aliphatic rings. The first-order valence-electron chi connectivity index (χ1n) is 5.40. The molecule has 0 unspecified atom stereocenters. The third-order valence-electron chi connectivity index (χ3n) is 2.12. The van der Waals surface area contributed by atoms with Crippen molar-refractivity contribution >= 4 is 17.0 Å². The molecule has 2 rings (SSSR count). The number of rotatable bonds is 6. The van der Waals surface area contributed by atoms with Gasteiger partial charge < -0.3 is 15.2 Å². The topological polar surface area (TPSA) is 80.2 Å². The maximum absolute atomic E-state index is 8.53. The van der Waals surface area contributed by atoms with Crippen LogP contribution in [-0.4, -0.2) is 46.4 Å². The summed E-state index contributed by atoms with van der Waals surface area (Å²) >= 11 is 0. The summed E-state index contributed by atoms with van der Waals surface area (Å²) in [7, 11) is 0. The third kappa shape index (κ3) is 3.33. The molecular weight excluding hydrogens is 220 g/mol. The Bertz CT molecular complexity index is 478. The minimum atomic E-state index is 0.0455. The Morgan fingerprint density at radius 1 is 1.18 bits per heavy atom. The molecule has 0 saturated carbocycles. The van der Waals surface area contributed by atoms with Crippen molar-refractivity contribution < 1.29 is 9.84 Å². The maximum atomic E-state index is 8.53. The molecule has 0 aromatic carbocycles. The van der Waals surface area contributed by atoms with Crippen molar-refractivity contribution in [3.63, 3.8) is 0 Å². The summed E-state index contributed by atoms with van der Waals surface area (Å²) in [6, 6.07) is 3.72. The number of anilines is 1. The summed E-state index contributed by atoms with van der Waals surface area (Å²) in [6.07, 6.45) is 3.25.